The van der Waals surface area contributed by atoms with E-state index in [2.05, 4.69) is 25.6 Å². The van der Waals surface area contributed by atoms with Crippen molar-refractivity contribution >= 4 is 40.8 Å². The monoisotopic (exact) mass is 466 g/mol. The third-order valence-electron chi connectivity index (χ3n) is 5.83. The van der Waals surface area contributed by atoms with E-state index in [-0.39, 0.29) is 5.92 Å². The third-order valence-corrected chi connectivity index (χ3v) is 6.11. The minimum Gasteiger partial charge on any atom is -0.493 e. The fourth-order valence-corrected chi connectivity index (χ4v) is 4.23. The van der Waals surface area contributed by atoms with Crippen molar-refractivity contribution in [1.29, 1.82) is 0 Å². The highest BCUT2D eigenvalue weighted by Gasteiger charge is 2.26. The Hall–Kier alpha value is -3.59. The number of carboxylic acid groups (broad SMARTS) is 1. The molecule has 5 rings (SSSR count). The molecule has 10 heteroatoms. The van der Waals surface area contributed by atoms with Crippen molar-refractivity contribution in [3.63, 3.8) is 0 Å². The van der Waals surface area contributed by atoms with Crippen LogP contribution in [0.15, 0.2) is 42.9 Å². The van der Waals surface area contributed by atoms with E-state index >= 15 is 0 Å². The smallest absolute Gasteiger partial charge is 0.407 e. The fraction of sp³-hybridized carbons (Fsp3) is 0.304. The van der Waals surface area contributed by atoms with E-state index in [1.165, 1.54) is 4.90 Å². The van der Waals surface area contributed by atoms with Gasteiger partial charge in [0.25, 0.3) is 0 Å². The largest absolute Gasteiger partial charge is 0.493 e. The SMILES string of the molecule is O=C(O)N1CCC(COc2ccc3cc2CCc2cncc(c2)Nc2ncc(Cl)c(n2)N3)C1. The van der Waals surface area contributed by atoms with Gasteiger partial charge in [0.15, 0.2) is 5.82 Å². The van der Waals surface area contributed by atoms with Crippen LogP contribution >= 0.6 is 11.6 Å². The lowest BCUT2D eigenvalue weighted by Crippen LogP contribution is -2.27. The Kier molecular flexibility index (Phi) is 5.87. The minimum atomic E-state index is -0.872. The number of hydrogen-bond donors (Lipinski definition) is 3. The molecule has 2 aliphatic heterocycles. The maximum Gasteiger partial charge on any atom is 0.407 e. The first kappa shape index (κ1) is 21.3. The third kappa shape index (κ3) is 4.93. The summed E-state index contributed by atoms with van der Waals surface area (Å²) in [5.41, 5.74) is 3.75. The molecule has 33 heavy (non-hydrogen) atoms. The molecule has 1 saturated heterocycles. The number of rotatable bonds is 3. The van der Waals surface area contributed by atoms with Crippen LogP contribution in [0.2, 0.25) is 5.02 Å². The number of likely N-dealkylation sites (tertiary alicyclic amines) is 1. The first-order valence-electron chi connectivity index (χ1n) is 10.8. The molecule has 4 heterocycles. The number of aryl methyl sites for hydroxylation is 2. The molecular formula is C23H23ClN6O3. The van der Waals surface area contributed by atoms with Gasteiger partial charge in [-0.25, -0.2) is 9.78 Å². The quantitative estimate of drug-likeness (QED) is 0.517. The summed E-state index contributed by atoms with van der Waals surface area (Å²) in [5, 5.41) is 16.0. The topological polar surface area (TPSA) is 112 Å². The average Bonchev–Trinajstić information content (AvgIpc) is 3.29. The van der Waals surface area contributed by atoms with Crippen molar-refractivity contribution in [2.75, 3.05) is 30.3 Å². The Labute approximate surface area is 195 Å². The summed E-state index contributed by atoms with van der Waals surface area (Å²) in [6.45, 7) is 1.54. The van der Waals surface area contributed by atoms with Crippen molar-refractivity contribution in [3.8, 4) is 5.75 Å². The zero-order valence-electron chi connectivity index (χ0n) is 17.8. The minimum absolute atomic E-state index is 0.186. The molecule has 6 bridgehead atoms. The predicted octanol–water partition coefficient (Wildman–Crippen LogP) is 4.49. The van der Waals surface area contributed by atoms with E-state index in [0.29, 0.717) is 36.5 Å². The Bertz CT molecular complexity index is 1190. The molecule has 3 aromatic rings. The van der Waals surface area contributed by atoms with Crippen LogP contribution in [-0.2, 0) is 12.8 Å². The highest BCUT2D eigenvalue weighted by Crippen LogP contribution is 2.31. The average molecular weight is 467 g/mol. The van der Waals surface area contributed by atoms with E-state index in [1.54, 1.807) is 12.4 Å². The van der Waals surface area contributed by atoms with E-state index < -0.39 is 6.09 Å². The number of nitrogens with one attached hydrogen (secondary N) is 2. The van der Waals surface area contributed by atoms with Crippen molar-refractivity contribution in [2.24, 2.45) is 5.92 Å². The zero-order valence-corrected chi connectivity index (χ0v) is 18.5. The summed E-state index contributed by atoms with van der Waals surface area (Å²) in [6, 6.07) is 7.92. The van der Waals surface area contributed by atoms with Gasteiger partial charge in [0.05, 0.1) is 24.7 Å². The van der Waals surface area contributed by atoms with Gasteiger partial charge < -0.3 is 25.4 Å². The summed E-state index contributed by atoms with van der Waals surface area (Å²) in [7, 11) is 0. The maximum absolute atomic E-state index is 11.2. The standard InChI is InChI=1S/C23H23ClN6O3/c24-19-11-26-22-28-18-7-14(9-25-10-18)1-2-16-8-17(27-21(19)29-22)3-4-20(16)33-13-15-5-6-30(12-15)23(31)32/h3-4,7-11,15H,1-2,5-6,12-13H2,(H,31,32)(H2,26,27,28,29). The second kappa shape index (κ2) is 9.11. The molecule has 0 spiro atoms. The van der Waals surface area contributed by atoms with Crippen LogP contribution in [0, 0.1) is 5.92 Å². The fourth-order valence-electron chi connectivity index (χ4n) is 4.10. The molecule has 1 aromatic carbocycles. The Balaban J connectivity index is 1.42. The lowest BCUT2D eigenvalue weighted by molar-refractivity contribution is 0.151. The normalized spacial score (nSPS) is 17.1. The van der Waals surface area contributed by atoms with Gasteiger partial charge in [-0.3, -0.25) is 4.98 Å². The van der Waals surface area contributed by atoms with Crippen LogP contribution in [-0.4, -0.2) is 50.7 Å². The maximum atomic E-state index is 11.2. The summed E-state index contributed by atoms with van der Waals surface area (Å²) in [6.07, 6.45) is 6.59. The van der Waals surface area contributed by atoms with Crippen LogP contribution in [0.4, 0.5) is 27.9 Å². The Morgan fingerprint density at radius 3 is 2.94 bits per heavy atom. The van der Waals surface area contributed by atoms with E-state index in [4.69, 9.17) is 16.3 Å². The first-order valence-corrected chi connectivity index (χ1v) is 11.2. The van der Waals surface area contributed by atoms with Crippen LogP contribution in [0.25, 0.3) is 0 Å². The number of benzene rings is 1. The van der Waals surface area contributed by atoms with E-state index in [9.17, 15) is 9.90 Å². The number of halogens is 1. The number of fused-ring (bicyclic) bond motifs is 6. The Morgan fingerprint density at radius 2 is 2.09 bits per heavy atom. The molecule has 1 unspecified atom stereocenters. The number of amides is 1. The summed E-state index contributed by atoms with van der Waals surface area (Å²) in [4.78, 5) is 25.7. The zero-order chi connectivity index (χ0) is 22.8. The second-order valence-corrected chi connectivity index (χ2v) is 8.65. The molecule has 2 aromatic heterocycles. The van der Waals surface area contributed by atoms with Gasteiger partial charge in [0.1, 0.15) is 10.8 Å². The highest BCUT2D eigenvalue weighted by atomic mass is 35.5. The molecule has 170 valence electrons. The van der Waals surface area contributed by atoms with E-state index in [0.717, 1.165) is 47.5 Å². The molecule has 0 saturated carbocycles. The van der Waals surface area contributed by atoms with Gasteiger partial charge in [0.2, 0.25) is 5.95 Å². The number of pyridine rings is 1. The van der Waals surface area contributed by atoms with Gasteiger partial charge in [-0.2, -0.15) is 4.98 Å². The molecule has 0 radical (unpaired) electrons. The molecule has 0 aliphatic carbocycles. The number of nitrogens with zero attached hydrogens (tertiary/aromatic N) is 4. The van der Waals surface area contributed by atoms with Crippen molar-refractivity contribution in [3.05, 3.63) is 59.0 Å². The number of carbonyl (C=O) groups is 1. The van der Waals surface area contributed by atoms with Gasteiger partial charge >= 0.3 is 6.09 Å². The first-order chi connectivity index (χ1) is 16.0. The Morgan fingerprint density at radius 1 is 1.18 bits per heavy atom. The lowest BCUT2D eigenvalue weighted by atomic mass is 10.0. The van der Waals surface area contributed by atoms with Crippen LogP contribution < -0.4 is 15.4 Å². The molecule has 2 aliphatic rings. The van der Waals surface area contributed by atoms with E-state index in [1.807, 2.05) is 30.5 Å². The summed E-state index contributed by atoms with van der Waals surface area (Å²) < 4.78 is 6.17. The molecule has 1 fully saturated rings. The molecular weight excluding hydrogens is 444 g/mol. The number of anilines is 4. The lowest BCUT2D eigenvalue weighted by Gasteiger charge is -2.17. The summed E-state index contributed by atoms with van der Waals surface area (Å²) in [5.74, 6) is 1.90. The van der Waals surface area contributed by atoms with Crippen molar-refractivity contribution in [1.82, 2.24) is 19.9 Å². The van der Waals surface area contributed by atoms with Crippen molar-refractivity contribution < 1.29 is 14.6 Å². The van der Waals surface area contributed by atoms with Crippen LogP contribution in [0.5, 0.6) is 5.75 Å². The van der Waals surface area contributed by atoms with Crippen LogP contribution in [0.3, 0.4) is 0 Å². The van der Waals surface area contributed by atoms with Crippen molar-refractivity contribution in [2.45, 2.75) is 19.3 Å². The number of aromatic nitrogens is 3. The predicted molar refractivity (Wildman–Crippen MR) is 125 cm³/mol. The molecule has 3 N–H and O–H groups in total. The molecule has 1 amide bonds. The van der Waals surface area contributed by atoms with Gasteiger partial charge in [-0.15, -0.1) is 0 Å². The van der Waals surface area contributed by atoms with Gasteiger partial charge in [0, 0.05) is 30.9 Å². The highest BCUT2D eigenvalue weighted by molar-refractivity contribution is 6.32. The van der Waals surface area contributed by atoms with Crippen LogP contribution in [0.1, 0.15) is 17.5 Å². The summed E-state index contributed by atoms with van der Waals surface area (Å²) >= 11 is 6.32. The number of hydrogen-bond acceptors (Lipinski definition) is 7. The molecule has 9 nitrogen and oxygen atoms in total. The molecule has 1 atom stereocenters. The second-order valence-electron chi connectivity index (χ2n) is 8.24. The van der Waals surface area contributed by atoms with Gasteiger partial charge in [-0.05, 0) is 54.7 Å². The number of ether oxygens (including phenoxy) is 1. The van der Waals surface area contributed by atoms with Gasteiger partial charge in [-0.1, -0.05) is 11.6 Å².